The van der Waals surface area contributed by atoms with Crippen LogP contribution in [0.2, 0.25) is 0 Å². The normalized spacial score (nSPS) is 45.8. The van der Waals surface area contributed by atoms with Crippen molar-refractivity contribution in [3.8, 4) is 0 Å². The Morgan fingerprint density at radius 3 is 2.88 bits per heavy atom. The average molecular weight is 331 g/mol. The zero-order valence-electron chi connectivity index (χ0n) is 14.5. The van der Waals surface area contributed by atoms with Crippen LogP contribution in [-0.4, -0.2) is 23.0 Å². The largest absolute Gasteiger partial charge is 0.393 e. The number of urea groups is 1. The number of carbonyl (C=O) groups excluding carboxylic acids is 1. The number of aliphatic hydroxyl groups is 1. The van der Waals surface area contributed by atoms with Crippen molar-refractivity contribution in [2.45, 2.75) is 64.4 Å². The number of allylic oxidation sites excluding steroid dienone is 2. The van der Waals surface area contributed by atoms with Crippen LogP contribution >= 0.6 is 0 Å². The van der Waals surface area contributed by atoms with E-state index in [2.05, 4.69) is 23.5 Å². The summed E-state index contributed by atoms with van der Waals surface area (Å²) < 4.78 is 0. The molecule has 132 valence electrons. The van der Waals surface area contributed by atoms with Gasteiger partial charge in [0.2, 0.25) is 0 Å². The third kappa shape index (κ3) is 2.48. The Balaban J connectivity index is 1.53. The van der Waals surface area contributed by atoms with Gasteiger partial charge in [-0.25, -0.2) is 10.2 Å². The summed E-state index contributed by atoms with van der Waals surface area (Å²) in [7, 11) is 0. The first-order chi connectivity index (χ1) is 11.5. The van der Waals surface area contributed by atoms with Gasteiger partial charge in [0.25, 0.3) is 0 Å². The second-order valence-corrected chi connectivity index (χ2v) is 8.55. The highest BCUT2D eigenvalue weighted by Crippen LogP contribution is 2.61. The topological polar surface area (TPSA) is 87.7 Å². The van der Waals surface area contributed by atoms with Crippen molar-refractivity contribution >= 4 is 11.7 Å². The van der Waals surface area contributed by atoms with Gasteiger partial charge in [-0.2, -0.15) is 5.10 Å². The van der Waals surface area contributed by atoms with E-state index in [1.54, 1.807) is 0 Å². The number of carbonyl (C=O) groups is 1. The molecule has 0 aromatic rings. The van der Waals surface area contributed by atoms with Crippen molar-refractivity contribution in [1.82, 2.24) is 5.43 Å². The van der Waals surface area contributed by atoms with Crippen LogP contribution in [0.1, 0.15) is 58.3 Å². The maximum absolute atomic E-state index is 10.8. The lowest BCUT2D eigenvalue weighted by atomic mass is 9.52. The zero-order chi connectivity index (χ0) is 16.9. The highest BCUT2D eigenvalue weighted by atomic mass is 16.3. The first kappa shape index (κ1) is 16.1. The number of hydrogen-bond acceptors (Lipinski definition) is 3. The third-order valence-electron chi connectivity index (χ3n) is 7.58. The van der Waals surface area contributed by atoms with E-state index in [9.17, 15) is 9.90 Å². The highest BCUT2D eigenvalue weighted by molar-refractivity contribution is 5.97. The number of fused-ring (bicyclic) bond motifs is 5. The SMILES string of the molecule is CC12CCC3C4CC/C(=N/NC(N)=O)C=C4CCC3C1CCC2O. The lowest BCUT2D eigenvalue weighted by Crippen LogP contribution is -2.47. The van der Waals surface area contributed by atoms with Gasteiger partial charge in [0.1, 0.15) is 0 Å². The van der Waals surface area contributed by atoms with Crippen LogP contribution in [0.25, 0.3) is 0 Å². The second-order valence-electron chi connectivity index (χ2n) is 8.55. The number of hydrogen-bond donors (Lipinski definition) is 3. The molecule has 0 radical (unpaired) electrons. The molecule has 5 nitrogen and oxygen atoms in total. The minimum absolute atomic E-state index is 0.0923. The van der Waals surface area contributed by atoms with Crippen molar-refractivity contribution < 1.29 is 9.90 Å². The van der Waals surface area contributed by atoms with Crippen LogP contribution in [0.4, 0.5) is 4.79 Å². The van der Waals surface area contributed by atoms with E-state index in [0.717, 1.165) is 43.2 Å². The molecule has 0 aromatic carbocycles. The molecular weight excluding hydrogens is 302 g/mol. The van der Waals surface area contributed by atoms with E-state index in [0.29, 0.717) is 11.8 Å². The number of nitrogens with one attached hydrogen (secondary N) is 1. The summed E-state index contributed by atoms with van der Waals surface area (Å²) in [6, 6.07) is -0.599. The van der Waals surface area contributed by atoms with Crippen molar-refractivity contribution in [2.24, 2.45) is 39.9 Å². The number of aliphatic hydroxyl groups excluding tert-OH is 1. The standard InChI is InChI=1S/C19H29N3O2/c1-19-9-8-14-13-5-3-12(21-22-18(20)24)10-11(13)2-4-15(14)16(19)6-7-17(19)23/h10,13-17,23H,2-9H2,1H3,(H3,20,22,24)/b21-12-. The number of primary amides is 1. The summed E-state index contributed by atoms with van der Waals surface area (Å²) in [5.41, 5.74) is 10.1. The maximum Gasteiger partial charge on any atom is 0.332 e. The van der Waals surface area contributed by atoms with Crippen molar-refractivity contribution in [2.75, 3.05) is 0 Å². The molecule has 0 spiro atoms. The third-order valence-corrected chi connectivity index (χ3v) is 7.58. The molecule has 4 rings (SSSR count). The van der Waals surface area contributed by atoms with Gasteiger partial charge in [0.15, 0.2) is 0 Å². The van der Waals surface area contributed by atoms with Crippen LogP contribution in [0.3, 0.4) is 0 Å². The summed E-state index contributed by atoms with van der Waals surface area (Å²) in [5, 5.41) is 14.6. The predicted octanol–water partition coefficient (Wildman–Crippen LogP) is 2.94. The molecule has 0 aromatic heterocycles. The number of amides is 2. The fraction of sp³-hybridized carbons (Fsp3) is 0.789. The molecule has 0 bridgehead atoms. The van der Waals surface area contributed by atoms with E-state index >= 15 is 0 Å². The van der Waals surface area contributed by atoms with Crippen molar-refractivity contribution in [3.05, 3.63) is 11.6 Å². The van der Waals surface area contributed by atoms with Gasteiger partial charge in [-0.05, 0) is 86.5 Å². The van der Waals surface area contributed by atoms with Gasteiger partial charge >= 0.3 is 6.03 Å². The second kappa shape index (κ2) is 5.87. The van der Waals surface area contributed by atoms with Gasteiger partial charge in [0.05, 0.1) is 11.8 Å². The van der Waals surface area contributed by atoms with Crippen LogP contribution in [0.15, 0.2) is 16.8 Å². The lowest BCUT2D eigenvalue weighted by molar-refractivity contribution is -0.0525. The van der Waals surface area contributed by atoms with Gasteiger partial charge in [-0.3, -0.25) is 0 Å². The van der Waals surface area contributed by atoms with E-state index in [-0.39, 0.29) is 11.5 Å². The molecule has 3 fully saturated rings. The Morgan fingerprint density at radius 2 is 2.08 bits per heavy atom. The summed E-state index contributed by atoms with van der Waals surface area (Å²) in [5.74, 6) is 2.95. The summed E-state index contributed by atoms with van der Waals surface area (Å²) in [6.45, 7) is 2.33. The minimum Gasteiger partial charge on any atom is -0.393 e. The number of nitrogens with two attached hydrogens (primary N) is 1. The lowest BCUT2D eigenvalue weighted by Gasteiger charge is -2.53. The Hall–Kier alpha value is -1.36. The summed E-state index contributed by atoms with van der Waals surface area (Å²) in [6.07, 6.45) is 11.2. The Labute approximate surface area is 143 Å². The molecule has 0 saturated heterocycles. The fourth-order valence-corrected chi connectivity index (χ4v) is 6.38. The number of rotatable bonds is 1. The quantitative estimate of drug-likeness (QED) is 0.645. The monoisotopic (exact) mass is 331 g/mol. The molecule has 2 amide bonds. The van der Waals surface area contributed by atoms with E-state index in [1.165, 1.54) is 31.3 Å². The molecule has 3 saturated carbocycles. The Kier molecular flexibility index (Phi) is 3.94. The van der Waals surface area contributed by atoms with Crippen LogP contribution in [-0.2, 0) is 0 Å². The maximum atomic E-state index is 10.8. The van der Waals surface area contributed by atoms with Crippen LogP contribution in [0.5, 0.6) is 0 Å². The Morgan fingerprint density at radius 1 is 1.25 bits per heavy atom. The van der Waals surface area contributed by atoms with Gasteiger partial charge in [-0.15, -0.1) is 0 Å². The highest BCUT2D eigenvalue weighted by Gasteiger charge is 2.55. The number of nitrogens with zero attached hydrogens (tertiary/aromatic N) is 1. The first-order valence-corrected chi connectivity index (χ1v) is 9.49. The summed E-state index contributed by atoms with van der Waals surface area (Å²) in [4.78, 5) is 10.8. The molecule has 6 unspecified atom stereocenters. The minimum atomic E-state index is -0.599. The average Bonchev–Trinajstić information content (AvgIpc) is 2.88. The van der Waals surface area contributed by atoms with Gasteiger partial charge in [-0.1, -0.05) is 12.5 Å². The molecule has 5 heteroatoms. The molecule has 4 aliphatic rings. The molecule has 6 atom stereocenters. The van der Waals surface area contributed by atoms with Gasteiger partial charge in [0, 0.05) is 0 Å². The van der Waals surface area contributed by atoms with Crippen LogP contribution < -0.4 is 11.2 Å². The molecule has 4 aliphatic carbocycles. The van der Waals surface area contributed by atoms with Crippen LogP contribution in [0, 0.1) is 29.1 Å². The smallest absolute Gasteiger partial charge is 0.332 e. The van der Waals surface area contributed by atoms with E-state index < -0.39 is 6.03 Å². The fourth-order valence-electron chi connectivity index (χ4n) is 6.38. The zero-order valence-corrected chi connectivity index (χ0v) is 14.5. The molecule has 0 heterocycles. The van der Waals surface area contributed by atoms with E-state index in [4.69, 9.17) is 5.73 Å². The number of hydrazone groups is 1. The molecule has 24 heavy (non-hydrogen) atoms. The molecule has 0 aliphatic heterocycles. The van der Waals surface area contributed by atoms with E-state index in [1.807, 2.05) is 0 Å². The Bertz CT molecular complexity index is 599. The molecular formula is C19H29N3O2. The molecule has 4 N–H and O–H groups in total. The van der Waals surface area contributed by atoms with Crippen molar-refractivity contribution in [3.63, 3.8) is 0 Å². The predicted molar refractivity (Wildman–Crippen MR) is 93.2 cm³/mol. The van der Waals surface area contributed by atoms with Gasteiger partial charge < -0.3 is 10.8 Å². The van der Waals surface area contributed by atoms with Crippen molar-refractivity contribution in [1.29, 1.82) is 0 Å². The first-order valence-electron chi connectivity index (χ1n) is 9.49. The summed E-state index contributed by atoms with van der Waals surface area (Å²) >= 11 is 0.